The Morgan fingerprint density at radius 1 is 1.10 bits per heavy atom. The molecule has 30 heavy (non-hydrogen) atoms. The van der Waals surface area contributed by atoms with Crippen LogP contribution in [0.2, 0.25) is 0 Å². The third-order valence-electron chi connectivity index (χ3n) is 4.82. The molecule has 9 heteroatoms. The lowest BCUT2D eigenvalue weighted by atomic mass is 10.2. The topological polar surface area (TPSA) is 107 Å². The van der Waals surface area contributed by atoms with E-state index >= 15 is 0 Å². The number of pyridine rings is 1. The summed E-state index contributed by atoms with van der Waals surface area (Å²) in [5.74, 6) is 0.757. The highest BCUT2D eigenvalue weighted by atomic mass is 16.6. The van der Waals surface area contributed by atoms with Gasteiger partial charge in [-0.3, -0.25) is 24.8 Å². The molecule has 2 heterocycles. The van der Waals surface area contributed by atoms with Gasteiger partial charge in [0.1, 0.15) is 11.5 Å². The fraction of sp³-hybridized carbons (Fsp3) is 0.143. The third kappa shape index (κ3) is 3.26. The third-order valence-corrected chi connectivity index (χ3v) is 4.82. The van der Waals surface area contributed by atoms with E-state index in [0.29, 0.717) is 34.1 Å². The van der Waals surface area contributed by atoms with Crippen LogP contribution in [0.25, 0.3) is 0 Å². The van der Waals surface area contributed by atoms with E-state index in [4.69, 9.17) is 9.47 Å². The van der Waals surface area contributed by atoms with E-state index in [1.807, 2.05) is 0 Å². The second kappa shape index (κ2) is 7.70. The Morgan fingerprint density at radius 3 is 2.67 bits per heavy atom. The summed E-state index contributed by atoms with van der Waals surface area (Å²) in [6.07, 6.45) is 0.900. The molecule has 2 aromatic carbocycles. The molecule has 0 aliphatic carbocycles. The van der Waals surface area contributed by atoms with E-state index in [1.165, 1.54) is 25.3 Å². The van der Waals surface area contributed by atoms with Crippen LogP contribution >= 0.6 is 0 Å². The number of nitrogens with one attached hydrogen (secondary N) is 1. The molecule has 1 aromatic heterocycles. The summed E-state index contributed by atoms with van der Waals surface area (Å²) in [7, 11) is 3.02. The lowest BCUT2D eigenvalue weighted by Gasteiger charge is -2.27. The van der Waals surface area contributed by atoms with Crippen molar-refractivity contribution >= 4 is 23.0 Å². The zero-order valence-electron chi connectivity index (χ0n) is 16.2. The van der Waals surface area contributed by atoms with Gasteiger partial charge < -0.3 is 14.8 Å². The van der Waals surface area contributed by atoms with E-state index in [-0.39, 0.29) is 11.6 Å². The summed E-state index contributed by atoms with van der Waals surface area (Å²) in [5, 5.41) is 14.4. The van der Waals surface area contributed by atoms with Crippen LogP contribution in [0.3, 0.4) is 0 Å². The van der Waals surface area contributed by atoms with Gasteiger partial charge in [0.2, 0.25) is 0 Å². The predicted molar refractivity (Wildman–Crippen MR) is 110 cm³/mol. The van der Waals surface area contributed by atoms with Gasteiger partial charge in [0.25, 0.3) is 11.6 Å². The van der Waals surface area contributed by atoms with Crippen molar-refractivity contribution in [2.45, 2.75) is 6.17 Å². The second-order valence-electron chi connectivity index (χ2n) is 6.50. The number of hydrogen-bond donors (Lipinski definition) is 1. The Hall–Kier alpha value is -4.14. The van der Waals surface area contributed by atoms with Crippen molar-refractivity contribution in [3.8, 4) is 11.5 Å². The first kappa shape index (κ1) is 19.2. The Balaban J connectivity index is 1.82. The number of amides is 1. The van der Waals surface area contributed by atoms with Crippen LogP contribution in [-0.2, 0) is 0 Å². The van der Waals surface area contributed by atoms with Crippen LogP contribution in [-0.4, -0.2) is 30.0 Å². The number of non-ortho nitro benzene ring substituents is 1. The molecule has 0 unspecified atom stereocenters. The van der Waals surface area contributed by atoms with E-state index in [0.717, 1.165) is 0 Å². The van der Waals surface area contributed by atoms with Gasteiger partial charge in [-0.05, 0) is 30.3 Å². The van der Waals surface area contributed by atoms with Gasteiger partial charge in [0.15, 0.2) is 6.17 Å². The summed E-state index contributed by atoms with van der Waals surface area (Å²) in [4.78, 5) is 29.9. The molecule has 0 bridgehead atoms. The first-order chi connectivity index (χ1) is 14.5. The Bertz CT molecular complexity index is 1130. The number of anilines is 2. The fourth-order valence-electron chi connectivity index (χ4n) is 3.41. The molecule has 0 saturated carbocycles. The molecule has 3 aromatic rings. The summed E-state index contributed by atoms with van der Waals surface area (Å²) in [6, 6.07) is 14.7. The Labute approximate surface area is 172 Å². The lowest BCUT2D eigenvalue weighted by molar-refractivity contribution is -0.384. The van der Waals surface area contributed by atoms with Crippen LogP contribution in [0, 0.1) is 10.1 Å². The molecule has 1 aliphatic heterocycles. The first-order valence-corrected chi connectivity index (χ1v) is 9.05. The van der Waals surface area contributed by atoms with Crippen molar-refractivity contribution in [1.29, 1.82) is 0 Å². The van der Waals surface area contributed by atoms with Gasteiger partial charge in [-0.25, -0.2) is 0 Å². The summed E-state index contributed by atoms with van der Waals surface area (Å²) < 4.78 is 10.6. The zero-order valence-corrected chi connectivity index (χ0v) is 16.2. The number of rotatable bonds is 6. The highest BCUT2D eigenvalue weighted by Gasteiger charge is 2.39. The molecule has 0 radical (unpaired) electrons. The molecule has 1 N–H and O–H groups in total. The average Bonchev–Trinajstić information content (AvgIpc) is 3.05. The van der Waals surface area contributed by atoms with Crippen molar-refractivity contribution < 1.29 is 19.2 Å². The van der Waals surface area contributed by atoms with Crippen molar-refractivity contribution in [2.24, 2.45) is 0 Å². The van der Waals surface area contributed by atoms with Gasteiger partial charge in [-0.1, -0.05) is 6.07 Å². The maximum absolute atomic E-state index is 13.2. The maximum Gasteiger partial charge on any atom is 0.271 e. The molecule has 0 saturated heterocycles. The number of methoxy groups -OCH3 is 2. The first-order valence-electron chi connectivity index (χ1n) is 9.05. The second-order valence-corrected chi connectivity index (χ2v) is 6.50. The molecule has 0 spiro atoms. The van der Waals surface area contributed by atoms with Gasteiger partial charge >= 0.3 is 0 Å². The minimum Gasteiger partial charge on any atom is -0.497 e. The summed E-state index contributed by atoms with van der Waals surface area (Å²) >= 11 is 0. The van der Waals surface area contributed by atoms with Crippen molar-refractivity contribution in [3.63, 3.8) is 0 Å². The number of carbonyl (C=O) groups is 1. The van der Waals surface area contributed by atoms with E-state index in [1.54, 1.807) is 54.6 Å². The van der Waals surface area contributed by atoms with Crippen molar-refractivity contribution in [2.75, 3.05) is 24.4 Å². The van der Waals surface area contributed by atoms with Crippen LogP contribution in [0.1, 0.15) is 22.2 Å². The quantitative estimate of drug-likeness (QED) is 0.490. The largest absolute Gasteiger partial charge is 0.497 e. The van der Waals surface area contributed by atoms with Crippen LogP contribution < -0.4 is 19.7 Å². The van der Waals surface area contributed by atoms with Gasteiger partial charge in [-0.15, -0.1) is 0 Å². The number of nitro benzene ring substituents is 1. The van der Waals surface area contributed by atoms with Gasteiger partial charge in [0.05, 0.1) is 41.8 Å². The number of ether oxygens (including phenoxy) is 2. The Kier molecular flexibility index (Phi) is 4.93. The zero-order chi connectivity index (χ0) is 21.3. The molecule has 0 fully saturated rings. The monoisotopic (exact) mass is 406 g/mol. The van der Waals surface area contributed by atoms with Crippen LogP contribution in [0.15, 0.2) is 60.8 Å². The fourth-order valence-corrected chi connectivity index (χ4v) is 3.41. The van der Waals surface area contributed by atoms with Crippen LogP contribution in [0.5, 0.6) is 11.5 Å². The molecule has 9 nitrogen and oxygen atoms in total. The number of nitro groups is 1. The average molecular weight is 406 g/mol. The molecular weight excluding hydrogens is 388 g/mol. The number of nitrogens with zero attached hydrogens (tertiary/aromatic N) is 3. The molecule has 1 amide bonds. The van der Waals surface area contributed by atoms with Crippen molar-refractivity contribution in [1.82, 2.24) is 4.98 Å². The SMILES string of the molecule is COc1cccc(N2C(=O)c3cccnc3[C@@H]2Nc2cc([N+](=O)[O-])ccc2OC)c1. The van der Waals surface area contributed by atoms with E-state index in [9.17, 15) is 14.9 Å². The molecule has 1 aliphatic rings. The number of carbonyl (C=O) groups excluding carboxylic acids is 1. The highest BCUT2D eigenvalue weighted by Crippen LogP contribution is 2.40. The number of hydrogen-bond acceptors (Lipinski definition) is 7. The smallest absolute Gasteiger partial charge is 0.271 e. The molecule has 4 rings (SSSR count). The minimum absolute atomic E-state index is 0.100. The number of fused-ring (bicyclic) bond motifs is 1. The molecule has 152 valence electrons. The normalized spacial score (nSPS) is 14.9. The molecule has 1 atom stereocenters. The minimum atomic E-state index is -0.697. The lowest BCUT2D eigenvalue weighted by Crippen LogP contribution is -2.32. The van der Waals surface area contributed by atoms with E-state index < -0.39 is 11.1 Å². The molecular formula is C21H18N4O5. The van der Waals surface area contributed by atoms with Gasteiger partial charge in [0, 0.05) is 24.4 Å². The predicted octanol–water partition coefficient (Wildman–Crippen LogP) is 3.78. The number of benzene rings is 2. The van der Waals surface area contributed by atoms with Crippen molar-refractivity contribution in [3.05, 3.63) is 82.2 Å². The Morgan fingerprint density at radius 2 is 1.93 bits per heavy atom. The maximum atomic E-state index is 13.2. The summed E-state index contributed by atoms with van der Waals surface area (Å²) in [6.45, 7) is 0. The highest BCUT2D eigenvalue weighted by molar-refractivity contribution is 6.11. The summed E-state index contributed by atoms with van der Waals surface area (Å²) in [5.41, 5.74) is 1.83. The van der Waals surface area contributed by atoms with Crippen LogP contribution in [0.4, 0.5) is 17.1 Å². The standard InChI is InChI=1S/C21H18N4O5/c1-29-15-6-3-5-13(11-15)24-20(19-16(21(24)26)7-4-10-22-19)23-17-12-14(25(27)28)8-9-18(17)30-2/h3-12,20,23H,1-2H3/t20-/m1/s1. The van der Waals surface area contributed by atoms with E-state index in [2.05, 4.69) is 10.3 Å². The van der Waals surface area contributed by atoms with Gasteiger partial charge in [-0.2, -0.15) is 0 Å². The number of aromatic nitrogens is 1.